The number of carbonyl (C=O) groups is 1. The van der Waals surface area contributed by atoms with Crippen molar-refractivity contribution in [3.05, 3.63) is 59.1 Å². The highest BCUT2D eigenvalue weighted by molar-refractivity contribution is 7.92. The van der Waals surface area contributed by atoms with Crippen LogP contribution in [0.2, 0.25) is 5.02 Å². The molecular weight excluding hydrogens is 360 g/mol. The molecule has 5 nitrogen and oxygen atoms in total. The fourth-order valence-electron chi connectivity index (χ4n) is 3.03. The molecule has 3 rings (SSSR count). The topological polar surface area (TPSA) is 57.7 Å². The monoisotopic (exact) mass is 378 g/mol. The van der Waals surface area contributed by atoms with E-state index in [1.54, 1.807) is 29.2 Å². The molecule has 0 saturated carbocycles. The normalized spacial score (nSPS) is 14.1. The highest BCUT2D eigenvalue weighted by Gasteiger charge is 2.27. The molecule has 0 bridgehead atoms. The number of anilines is 2. The number of hydrogen-bond donors (Lipinski definition) is 0. The van der Waals surface area contributed by atoms with E-state index in [4.69, 9.17) is 11.6 Å². The quantitative estimate of drug-likeness (QED) is 0.821. The van der Waals surface area contributed by atoms with E-state index >= 15 is 0 Å². The molecule has 7 heteroatoms. The van der Waals surface area contributed by atoms with Gasteiger partial charge in [-0.1, -0.05) is 35.9 Å². The number of fused-ring (bicyclic) bond motifs is 1. The van der Waals surface area contributed by atoms with Crippen molar-refractivity contribution in [3.8, 4) is 0 Å². The molecule has 1 heterocycles. The van der Waals surface area contributed by atoms with Crippen LogP contribution in [0, 0.1) is 0 Å². The van der Waals surface area contributed by atoms with Crippen LogP contribution in [0.15, 0.2) is 48.5 Å². The zero-order valence-corrected chi connectivity index (χ0v) is 15.4. The van der Waals surface area contributed by atoms with E-state index in [1.165, 1.54) is 0 Å². The molecule has 25 heavy (non-hydrogen) atoms. The van der Waals surface area contributed by atoms with Crippen LogP contribution in [0.4, 0.5) is 11.4 Å². The number of hydrogen-bond acceptors (Lipinski definition) is 3. The Labute approximate surface area is 152 Å². The Morgan fingerprint density at radius 1 is 1.20 bits per heavy atom. The van der Waals surface area contributed by atoms with Gasteiger partial charge in [0, 0.05) is 17.3 Å². The predicted octanol–water partition coefficient (Wildman–Crippen LogP) is 3.09. The average molecular weight is 379 g/mol. The van der Waals surface area contributed by atoms with E-state index in [2.05, 4.69) is 0 Å². The molecule has 1 amide bonds. The summed E-state index contributed by atoms with van der Waals surface area (Å²) >= 11 is 5.97. The van der Waals surface area contributed by atoms with Crippen molar-refractivity contribution < 1.29 is 13.2 Å². The first-order valence-electron chi connectivity index (χ1n) is 7.98. The van der Waals surface area contributed by atoms with Crippen LogP contribution in [0.1, 0.15) is 12.0 Å². The summed E-state index contributed by atoms with van der Waals surface area (Å²) in [5.74, 6) is -0.252. The number of sulfonamides is 1. The minimum Gasteiger partial charge on any atom is -0.311 e. The van der Waals surface area contributed by atoms with E-state index < -0.39 is 10.0 Å². The molecule has 1 aliphatic heterocycles. The van der Waals surface area contributed by atoms with E-state index in [0.29, 0.717) is 17.3 Å². The van der Waals surface area contributed by atoms with Crippen molar-refractivity contribution >= 4 is 38.9 Å². The maximum Gasteiger partial charge on any atom is 0.247 e. The standard InChI is InChI=1S/C18H19ClN2O3S/c1-25(23,24)21(16-9-4-8-15(19)12-16)13-18(22)20-11-5-7-14-6-2-3-10-17(14)20/h2-4,6,8-10,12H,5,7,11,13H2,1H3. The summed E-state index contributed by atoms with van der Waals surface area (Å²) in [6.45, 7) is 0.330. The molecule has 0 fully saturated rings. The fourth-order valence-corrected chi connectivity index (χ4v) is 4.06. The van der Waals surface area contributed by atoms with Gasteiger partial charge in [-0.3, -0.25) is 9.10 Å². The first-order valence-corrected chi connectivity index (χ1v) is 10.2. The third kappa shape index (κ3) is 3.96. The number of para-hydroxylation sites is 1. The third-order valence-corrected chi connectivity index (χ3v) is 5.56. The Balaban J connectivity index is 1.90. The van der Waals surface area contributed by atoms with Gasteiger partial charge in [-0.25, -0.2) is 8.42 Å². The van der Waals surface area contributed by atoms with E-state index in [9.17, 15) is 13.2 Å². The van der Waals surface area contributed by atoms with Gasteiger partial charge in [-0.2, -0.15) is 0 Å². The van der Waals surface area contributed by atoms with E-state index in [1.807, 2.05) is 24.3 Å². The number of amides is 1. The van der Waals surface area contributed by atoms with Crippen molar-refractivity contribution in [2.75, 3.05) is 28.6 Å². The van der Waals surface area contributed by atoms with Gasteiger partial charge in [0.15, 0.2) is 0 Å². The molecule has 2 aromatic rings. The second kappa shape index (κ2) is 7.06. The summed E-state index contributed by atoms with van der Waals surface area (Å²) in [6.07, 6.45) is 2.87. The maximum atomic E-state index is 12.9. The molecule has 0 aliphatic carbocycles. The molecule has 0 saturated heterocycles. The zero-order valence-electron chi connectivity index (χ0n) is 13.9. The fraction of sp³-hybridized carbons (Fsp3) is 0.278. The molecule has 2 aromatic carbocycles. The number of carbonyl (C=O) groups excluding carboxylic acids is 1. The molecular formula is C18H19ClN2O3S. The van der Waals surface area contributed by atoms with Crippen molar-refractivity contribution in [1.29, 1.82) is 0 Å². The van der Waals surface area contributed by atoms with Gasteiger partial charge >= 0.3 is 0 Å². The van der Waals surface area contributed by atoms with E-state index in [0.717, 1.165) is 34.7 Å². The van der Waals surface area contributed by atoms with Gasteiger partial charge < -0.3 is 4.90 Å². The first-order chi connectivity index (χ1) is 11.9. The third-order valence-electron chi connectivity index (χ3n) is 4.19. The predicted molar refractivity (Wildman–Crippen MR) is 101 cm³/mol. The number of rotatable bonds is 4. The highest BCUT2D eigenvalue weighted by Crippen LogP contribution is 2.28. The highest BCUT2D eigenvalue weighted by atomic mass is 35.5. The summed E-state index contributed by atoms with van der Waals surface area (Å²) in [5, 5.41) is 0.418. The molecule has 1 aliphatic rings. The van der Waals surface area contributed by atoms with Crippen LogP contribution < -0.4 is 9.21 Å². The molecule has 0 aromatic heterocycles. The average Bonchev–Trinajstić information content (AvgIpc) is 2.58. The second-order valence-electron chi connectivity index (χ2n) is 6.03. The molecule has 0 atom stereocenters. The minimum atomic E-state index is -3.62. The van der Waals surface area contributed by atoms with Gasteiger partial charge in [0.05, 0.1) is 11.9 Å². The Morgan fingerprint density at radius 3 is 2.68 bits per heavy atom. The summed E-state index contributed by atoms with van der Waals surface area (Å²) < 4.78 is 25.5. The van der Waals surface area contributed by atoms with E-state index in [-0.39, 0.29) is 12.5 Å². The minimum absolute atomic E-state index is 0.252. The Hall–Kier alpha value is -2.05. The summed E-state index contributed by atoms with van der Waals surface area (Å²) in [5.41, 5.74) is 2.35. The molecule has 0 unspecified atom stereocenters. The van der Waals surface area contributed by atoms with Gasteiger partial charge in [0.2, 0.25) is 15.9 Å². The number of benzene rings is 2. The summed E-state index contributed by atoms with van der Waals surface area (Å²) in [4.78, 5) is 14.5. The molecule has 0 spiro atoms. The molecule has 0 radical (unpaired) electrons. The first kappa shape index (κ1) is 17.8. The Morgan fingerprint density at radius 2 is 1.96 bits per heavy atom. The van der Waals surface area contributed by atoms with Crippen molar-refractivity contribution in [2.45, 2.75) is 12.8 Å². The van der Waals surface area contributed by atoms with Crippen molar-refractivity contribution in [2.24, 2.45) is 0 Å². The van der Waals surface area contributed by atoms with Crippen LogP contribution in [-0.4, -0.2) is 33.7 Å². The van der Waals surface area contributed by atoms with Gasteiger partial charge in [-0.05, 0) is 42.7 Å². The number of nitrogens with zero attached hydrogens (tertiary/aromatic N) is 2. The second-order valence-corrected chi connectivity index (χ2v) is 8.37. The number of halogens is 1. The van der Waals surface area contributed by atoms with Crippen LogP contribution in [0.25, 0.3) is 0 Å². The van der Waals surface area contributed by atoms with Crippen LogP contribution in [0.5, 0.6) is 0 Å². The lowest BCUT2D eigenvalue weighted by Crippen LogP contribution is -2.44. The van der Waals surface area contributed by atoms with Crippen molar-refractivity contribution in [3.63, 3.8) is 0 Å². The smallest absolute Gasteiger partial charge is 0.247 e. The number of aryl methyl sites for hydroxylation is 1. The SMILES string of the molecule is CS(=O)(=O)N(CC(=O)N1CCCc2ccccc21)c1cccc(Cl)c1. The largest absolute Gasteiger partial charge is 0.311 e. The van der Waals surface area contributed by atoms with Gasteiger partial charge in [0.25, 0.3) is 0 Å². The maximum absolute atomic E-state index is 12.9. The summed E-state index contributed by atoms with van der Waals surface area (Å²) in [7, 11) is -3.62. The Kier molecular flexibility index (Phi) is 5.01. The summed E-state index contributed by atoms with van der Waals surface area (Å²) in [6, 6.07) is 14.2. The lowest BCUT2D eigenvalue weighted by Gasteiger charge is -2.31. The van der Waals surface area contributed by atoms with Crippen molar-refractivity contribution in [1.82, 2.24) is 0 Å². The lowest BCUT2D eigenvalue weighted by atomic mass is 10.0. The zero-order chi connectivity index (χ0) is 18.0. The molecule has 132 valence electrons. The van der Waals surface area contributed by atoms with Gasteiger partial charge in [-0.15, -0.1) is 0 Å². The van der Waals surface area contributed by atoms with Crippen LogP contribution >= 0.6 is 11.6 Å². The van der Waals surface area contributed by atoms with Gasteiger partial charge in [0.1, 0.15) is 6.54 Å². The van der Waals surface area contributed by atoms with Crippen LogP contribution in [0.3, 0.4) is 0 Å². The Bertz CT molecular complexity index is 899. The van der Waals surface area contributed by atoms with Crippen LogP contribution in [-0.2, 0) is 21.2 Å². The lowest BCUT2D eigenvalue weighted by molar-refractivity contribution is -0.117. The molecule has 0 N–H and O–H groups in total.